The fraction of sp³-hybridized carbons (Fsp3) is 0.579. The van der Waals surface area contributed by atoms with Gasteiger partial charge in [0.15, 0.2) is 5.65 Å². The van der Waals surface area contributed by atoms with E-state index in [0.29, 0.717) is 24.6 Å². The summed E-state index contributed by atoms with van der Waals surface area (Å²) in [5.74, 6) is 0.404. The van der Waals surface area contributed by atoms with Gasteiger partial charge < -0.3 is 15.0 Å². The van der Waals surface area contributed by atoms with Crippen LogP contribution in [0.4, 0.5) is 0 Å². The Balaban J connectivity index is 1.75. The molecule has 1 saturated heterocycles. The van der Waals surface area contributed by atoms with E-state index in [9.17, 15) is 9.59 Å². The van der Waals surface area contributed by atoms with Crippen molar-refractivity contribution in [2.45, 2.75) is 31.1 Å². The lowest BCUT2D eigenvalue weighted by Crippen LogP contribution is -2.31. The quantitative estimate of drug-likeness (QED) is 0.852. The van der Waals surface area contributed by atoms with Crippen LogP contribution in [0.15, 0.2) is 6.07 Å². The van der Waals surface area contributed by atoms with E-state index in [1.165, 1.54) is 7.11 Å². The number of hydrogen-bond donors (Lipinski definition) is 1. The number of hydrogen-bond acceptors (Lipinski definition) is 5. The molecule has 2 fully saturated rings. The molecule has 2 amide bonds. The van der Waals surface area contributed by atoms with Crippen LogP contribution in [0.3, 0.4) is 0 Å². The number of nitrogens with one attached hydrogen (secondary N) is 1. The molecule has 2 aromatic rings. The summed E-state index contributed by atoms with van der Waals surface area (Å²) in [6.07, 6.45) is 3.06. The zero-order valence-electron chi connectivity index (χ0n) is 16.0. The number of amides is 2. The summed E-state index contributed by atoms with van der Waals surface area (Å²) in [6, 6.07) is 1.92. The first kappa shape index (κ1) is 17.9. The van der Waals surface area contributed by atoms with Crippen molar-refractivity contribution in [1.82, 2.24) is 25.0 Å². The van der Waals surface area contributed by atoms with Crippen LogP contribution in [-0.2, 0) is 16.6 Å². The maximum atomic E-state index is 12.6. The summed E-state index contributed by atoms with van der Waals surface area (Å²) in [4.78, 5) is 31.4. The van der Waals surface area contributed by atoms with Crippen LogP contribution in [0.1, 0.15) is 52.8 Å². The van der Waals surface area contributed by atoms with E-state index in [-0.39, 0.29) is 24.3 Å². The summed E-state index contributed by atoms with van der Waals surface area (Å²) in [5.41, 5.74) is 3.21. The van der Waals surface area contributed by atoms with E-state index in [0.717, 1.165) is 41.7 Å². The number of rotatable bonds is 5. The number of aromatic nitrogens is 3. The average molecular weight is 371 g/mol. The Kier molecular flexibility index (Phi) is 4.59. The maximum Gasteiger partial charge on any atom is 0.251 e. The Labute approximate surface area is 157 Å². The van der Waals surface area contributed by atoms with Crippen molar-refractivity contribution in [3.63, 3.8) is 0 Å². The molecule has 8 heteroatoms. The Bertz CT molecular complexity index is 902. The molecule has 0 radical (unpaired) electrons. The van der Waals surface area contributed by atoms with Gasteiger partial charge >= 0.3 is 0 Å². The van der Waals surface area contributed by atoms with Crippen molar-refractivity contribution in [3.8, 4) is 0 Å². The van der Waals surface area contributed by atoms with Gasteiger partial charge in [0, 0.05) is 51.8 Å². The third-order valence-corrected chi connectivity index (χ3v) is 5.50. The van der Waals surface area contributed by atoms with E-state index in [1.54, 1.807) is 16.6 Å². The SMILES string of the molecule is CNC(=O)c1cc(C2CC2)nc2c1c(C1CCN(C(=O)COC)C1)nn2C. The van der Waals surface area contributed by atoms with Gasteiger partial charge in [-0.05, 0) is 25.3 Å². The molecule has 0 bridgehead atoms. The van der Waals surface area contributed by atoms with Crippen molar-refractivity contribution in [3.05, 3.63) is 23.0 Å². The number of ether oxygens (including phenoxy) is 1. The third-order valence-electron chi connectivity index (χ3n) is 5.50. The lowest BCUT2D eigenvalue weighted by molar-refractivity contribution is -0.134. The number of aryl methyl sites for hydroxylation is 1. The van der Waals surface area contributed by atoms with Crippen LogP contribution in [0, 0.1) is 0 Å². The number of nitrogens with zero attached hydrogens (tertiary/aromatic N) is 4. The minimum Gasteiger partial charge on any atom is -0.375 e. The standard InChI is InChI=1S/C19H25N5O3/c1-20-19(26)13-8-14(11-4-5-11)21-18-16(13)17(22-23(18)2)12-6-7-24(9-12)15(25)10-27-3/h8,11-12H,4-7,9-10H2,1-3H3,(H,20,26). The molecule has 3 heterocycles. The monoisotopic (exact) mass is 371 g/mol. The molecule has 2 aromatic heterocycles. The minimum absolute atomic E-state index is 0.0130. The highest BCUT2D eigenvalue weighted by molar-refractivity contribution is 6.06. The molecule has 1 saturated carbocycles. The van der Waals surface area contributed by atoms with Gasteiger partial charge in [-0.3, -0.25) is 14.3 Å². The number of fused-ring (bicyclic) bond motifs is 1. The number of methoxy groups -OCH3 is 1. The van der Waals surface area contributed by atoms with Gasteiger partial charge in [-0.25, -0.2) is 4.98 Å². The lowest BCUT2D eigenvalue weighted by Gasteiger charge is -2.15. The number of carbonyl (C=O) groups excluding carboxylic acids is 2. The highest BCUT2D eigenvalue weighted by atomic mass is 16.5. The minimum atomic E-state index is -0.121. The Morgan fingerprint density at radius 2 is 2.07 bits per heavy atom. The summed E-state index contributed by atoms with van der Waals surface area (Å²) < 4.78 is 6.73. The van der Waals surface area contributed by atoms with Gasteiger partial charge in [-0.1, -0.05) is 0 Å². The fourth-order valence-corrected chi connectivity index (χ4v) is 3.91. The molecule has 1 unspecified atom stereocenters. The van der Waals surface area contributed by atoms with Gasteiger partial charge in [0.05, 0.1) is 16.6 Å². The summed E-state index contributed by atoms with van der Waals surface area (Å²) >= 11 is 0. The van der Waals surface area contributed by atoms with Crippen molar-refractivity contribution < 1.29 is 14.3 Å². The van der Waals surface area contributed by atoms with Crippen molar-refractivity contribution in [2.75, 3.05) is 33.9 Å². The van der Waals surface area contributed by atoms with Crippen molar-refractivity contribution in [1.29, 1.82) is 0 Å². The maximum absolute atomic E-state index is 12.6. The van der Waals surface area contributed by atoms with E-state index in [2.05, 4.69) is 5.32 Å². The van der Waals surface area contributed by atoms with Crippen molar-refractivity contribution >= 4 is 22.8 Å². The summed E-state index contributed by atoms with van der Waals surface area (Å²) in [7, 11) is 5.03. The highest BCUT2D eigenvalue weighted by Gasteiger charge is 2.33. The molecular weight excluding hydrogens is 346 g/mol. The van der Waals surface area contributed by atoms with Crippen LogP contribution in [0.5, 0.6) is 0 Å². The summed E-state index contributed by atoms with van der Waals surface area (Å²) in [5, 5.41) is 8.27. The second-order valence-electron chi connectivity index (χ2n) is 7.41. The number of pyridine rings is 1. The average Bonchev–Trinajstić information content (AvgIpc) is 3.31. The zero-order chi connectivity index (χ0) is 19.1. The first-order chi connectivity index (χ1) is 13.0. The van der Waals surface area contributed by atoms with E-state index < -0.39 is 0 Å². The smallest absolute Gasteiger partial charge is 0.251 e. The van der Waals surface area contributed by atoms with E-state index in [4.69, 9.17) is 14.8 Å². The predicted molar refractivity (Wildman–Crippen MR) is 99.7 cm³/mol. The second kappa shape index (κ2) is 6.92. The molecule has 4 rings (SSSR count). The Hall–Kier alpha value is -2.48. The summed E-state index contributed by atoms with van der Waals surface area (Å²) in [6.45, 7) is 1.35. The first-order valence-electron chi connectivity index (χ1n) is 9.39. The van der Waals surface area contributed by atoms with Gasteiger partial charge in [0.25, 0.3) is 5.91 Å². The number of likely N-dealkylation sites (tertiary alicyclic amines) is 1. The van der Waals surface area contributed by atoms with Gasteiger partial charge in [-0.15, -0.1) is 0 Å². The second-order valence-corrected chi connectivity index (χ2v) is 7.41. The van der Waals surface area contributed by atoms with Crippen LogP contribution in [0.2, 0.25) is 0 Å². The van der Waals surface area contributed by atoms with Crippen LogP contribution in [0.25, 0.3) is 11.0 Å². The molecule has 1 aliphatic heterocycles. The first-order valence-corrected chi connectivity index (χ1v) is 9.39. The van der Waals surface area contributed by atoms with Crippen LogP contribution < -0.4 is 5.32 Å². The molecule has 144 valence electrons. The molecule has 2 aliphatic rings. The molecule has 8 nitrogen and oxygen atoms in total. The molecule has 1 atom stereocenters. The Morgan fingerprint density at radius 1 is 1.30 bits per heavy atom. The molecular formula is C19H25N5O3. The highest BCUT2D eigenvalue weighted by Crippen LogP contribution is 2.41. The van der Waals surface area contributed by atoms with Crippen molar-refractivity contribution in [2.24, 2.45) is 7.05 Å². The topological polar surface area (TPSA) is 89.3 Å². The van der Waals surface area contributed by atoms with E-state index >= 15 is 0 Å². The predicted octanol–water partition coefficient (Wildman–Crippen LogP) is 1.17. The van der Waals surface area contributed by atoms with E-state index in [1.807, 2.05) is 13.1 Å². The zero-order valence-corrected chi connectivity index (χ0v) is 16.0. The van der Waals surface area contributed by atoms with Crippen LogP contribution >= 0.6 is 0 Å². The molecule has 0 spiro atoms. The number of carbonyl (C=O) groups is 2. The fourth-order valence-electron chi connectivity index (χ4n) is 3.91. The lowest BCUT2D eigenvalue weighted by atomic mass is 9.98. The van der Waals surface area contributed by atoms with Gasteiger partial charge in [0.1, 0.15) is 6.61 Å². The molecule has 1 aliphatic carbocycles. The third kappa shape index (κ3) is 3.18. The normalized spacial score (nSPS) is 19.7. The molecule has 1 N–H and O–H groups in total. The van der Waals surface area contributed by atoms with Gasteiger partial charge in [-0.2, -0.15) is 5.10 Å². The van der Waals surface area contributed by atoms with Gasteiger partial charge in [0.2, 0.25) is 5.91 Å². The largest absolute Gasteiger partial charge is 0.375 e. The molecule has 27 heavy (non-hydrogen) atoms. The Morgan fingerprint density at radius 3 is 2.74 bits per heavy atom. The van der Waals surface area contributed by atoms with Crippen LogP contribution in [-0.4, -0.2) is 65.3 Å². The molecule has 0 aromatic carbocycles.